The Bertz CT molecular complexity index is 686. The van der Waals surface area contributed by atoms with Crippen molar-refractivity contribution < 1.29 is 13.9 Å². The first-order valence-corrected chi connectivity index (χ1v) is 9.14. The highest BCUT2D eigenvalue weighted by molar-refractivity contribution is 8.00. The van der Waals surface area contributed by atoms with Gasteiger partial charge < -0.3 is 10.1 Å². The number of nitrogens with one attached hydrogen (secondary N) is 1. The third kappa shape index (κ3) is 6.27. The first-order valence-electron chi connectivity index (χ1n) is 7.98. The molecule has 1 atom stereocenters. The molecule has 1 unspecified atom stereocenters. The molecule has 132 valence electrons. The van der Waals surface area contributed by atoms with Crippen LogP contribution in [0.4, 0.5) is 4.39 Å². The summed E-state index contributed by atoms with van der Waals surface area (Å²) >= 11 is 1.51. The fraction of sp³-hybridized carbons (Fsp3) is 0.250. The molecule has 0 saturated heterocycles. The van der Waals surface area contributed by atoms with E-state index >= 15 is 0 Å². The topological polar surface area (TPSA) is 38.3 Å². The molecular formula is C20H22FNO2S. The number of carbonyl (C=O) groups is 1. The van der Waals surface area contributed by atoms with Crippen LogP contribution in [0.5, 0.6) is 5.75 Å². The van der Waals surface area contributed by atoms with Crippen LogP contribution in [0.1, 0.15) is 17.2 Å². The summed E-state index contributed by atoms with van der Waals surface area (Å²) in [5.41, 5.74) is 1.94. The molecule has 0 aliphatic rings. The third-order valence-electron chi connectivity index (χ3n) is 3.68. The number of carbonyl (C=O) groups excluding carboxylic acids is 1. The molecule has 0 aliphatic heterocycles. The Kier molecular flexibility index (Phi) is 7.54. The number of benzene rings is 2. The second-order valence-electron chi connectivity index (χ2n) is 5.53. The van der Waals surface area contributed by atoms with Crippen LogP contribution in [0.25, 0.3) is 0 Å². The van der Waals surface area contributed by atoms with Crippen molar-refractivity contribution in [1.82, 2.24) is 5.32 Å². The standard InChI is InChI=1S/C20H22FNO2S/c1-3-12-25-14-20(23)22-19(13-15-4-8-17(21)9-5-15)16-6-10-18(24-2)11-7-16/h3-11,19H,1,12-14H2,2H3,(H,22,23). The molecule has 1 N–H and O–H groups in total. The van der Waals surface area contributed by atoms with Gasteiger partial charge in [-0.3, -0.25) is 4.79 Å². The van der Waals surface area contributed by atoms with Crippen molar-refractivity contribution in [3.63, 3.8) is 0 Å². The molecule has 2 rings (SSSR count). The van der Waals surface area contributed by atoms with Crippen molar-refractivity contribution >= 4 is 17.7 Å². The van der Waals surface area contributed by atoms with Gasteiger partial charge in [-0.2, -0.15) is 0 Å². The van der Waals surface area contributed by atoms with Gasteiger partial charge in [0.1, 0.15) is 11.6 Å². The zero-order valence-electron chi connectivity index (χ0n) is 14.2. The minimum atomic E-state index is -0.269. The van der Waals surface area contributed by atoms with Gasteiger partial charge in [0.2, 0.25) is 5.91 Å². The van der Waals surface area contributed by atoms with Crippen molar-refractivity contribution in [2.75, 3.05) is 18.6 Å². The average molecular weight is 359 g/mol. The lowest BCUT2D eigenvalue weighted by molar-refractivity contribution is -0.119. The molecule has 0 fully saturated rings. The number of hydrogen-bond acceptors (Lipinski definition) is 3. The quantitative estimate of drug-likeness (QED) is 0.540. The van der Waals surface area contributed by atoms with E-state index in [9.17, 15) is 9.18 Å². The highest BCUT2D eigenvalue weighted by Crippen LogP contribution is 2.22. The van der Waals surface area contributed by atoms with E-state index in [1.807, 2.05) is 24.3 Å². The van der Waals surface area contributed by atoms with E-state index in [-0.39, 0.29) is 17.8 Å². The maximum absolute atomic E-state index is 13.1. The Hall–Kier alpha value is -2.27. The summed E-state index contributed by atoms with van der Waals surface area (Å²) in [6.45, 7) is 3.65. The molecule has 0 spiro atoms. The van der Waals surface area contributed by atoms with E-state index in [0.717, 1.165) is 22.6 Å². The van der Waals surface area contributed by atoms with Crippen molar-refractivity contribution in [1.29, 1.82) is 0 Å². The fourth-order valence-corrected chi connectivity index (χ4v) is 2.97. The van der Waals surface area contributed by atoms with Gasteiger partial charge in [0.15, 0.2) is 0 Å². The number of halogens is 1. The van der Waals surface area contributed by atoms with E-state index in [4.69, 9.17) is 4.74 Å². The van der Waals surface area contributed by atoms with Gasteiger partial charge in [0.25, 0.3) is 0 Å². The minimum absolute atomic E-state index is 0.0326. The van der Waals surface area contributed by atoms with Crippen LogP contribution in [0, 0.1) is 5.82 Å². The predicted molar refractivity (Wildman–Crippen MR) is 102 cm³/mol. The summed E-state index contributed by atoms with van der Waals surface area (Å²) in [7, 11) is 1.61. The number of ether oxygens (including phenoxy) is 1. The van der Waals surface area contributed by atoms with Crippen molar-refractivity contribution in [3.8, 4) is 5.75 Å². The normalized spacial score (nSPS) is 11.6. The van der Waals surface area contributed by atoms with Crippen molar-refractivity contribution in [2.24, 2.45) is 0 Å². The molecule has 2 aromatic rings. The van der Waals surface area contributed by atoms with E-state index in [2.05, 4.69) is 11.9 Å². The van der Waals surface area contributed by atoms with Gasteiger partial charge in [-0.05, 0) is 41.8 Å². The highest BCUT2D eigenvalue weighted by Gasteiger charge is 2.15. The second kappa shape index (κ2) is 9.89. The van der Waals surface area contributed by atoms with Gasteiger partial charge in [0, 0.05) is 5.75 Å². The Morgan fingerprint density at radius 1 is 1.24 bits per heavy atom. The number of rotatable bonds is 9. The van der Waals surface area contributed by atoms with Crippen LogP contribution >= 0.6 is 11.8 Å². The van der Waals surface area contributed by atoms with Crippen LogP contribution in [-0.2, 0) is 11.2 Å². The fourth-order valence-electron chi connectivity index (χ4n) is 2.42. The van der Waals surface area contributed by atoms with Crippen molar-refractivity contribution in [2.45, 2.75) is 12.5 Å². The Labute approximate surface area is 152 Å². The molecule has 0 saturated carbocycles. The van der Waals surface area contributed by atoms with Gasteiger partial charge in [-0.15, -0.1) is 18.3 Å². The van der Waals surface area contributed by atoms with Crippen LogP contribution in [0.3, 0.4) is 0 Å². The summed E-state index contributed by atoms with van der Waals surface area (Å²) in [4.78, 5) is 12.2. The highest BCUT2D eigenvalue weighted by atomic mass is 32.2. The molecule has 0 radical (unpaired) electrons. The van der Waals surface area contributed by atoms with E-state index < -0.39 is 0 Å². The van der Waals surface area contributed by atoms with Gasteiger partial charge in [0.05, 0.1) is 18.9 Å². The minimum Gasteiger partial charge on any atom is -0.497 e. The molecule has 3 nitrogen and oxygen atoms in total. The maximum atomic E-state index is 13.1. The Balaban J connectivity index is 2.12. The zero-order chi connectivity index (χ0) is 18.1. The summed E-state index contributed by atoms with van der Waals surface area (Å²) < 4.78 is 18.3. The number of hydrogen-bond donors (Lipinski definition) is 1. The molecule has 0 heterocycles. The SMILES string of the molecule is C=CCSCC(=O)NC(Cc1ccc(F)cc1)c1ccc(OC)cc1. The van der Waals surface area contributed by atoms with Crippen LogP contribution in [0.15, 0.2) is 61.2 Å². The van der Waals surface area contributed by atoms with Crippen molar-refractivity contribution in [3.05, 3.63) is 78.1 Å². The summed E-state index contributed by atoms with van der Waals surface area (Å²) in [5.74, 6) is 1.57. The van der Waals surface area contributed by atoms with Crippen LogP contribution < -0.4 is 10.1 Å². The lowest BCUT2D eigenvalue weighted by atomic mass is 9.98. The third-order valence-corrected chi connectivity index (χ3v) is 4.61. The lowest BCUT2D eigenvalue weighted by Crippen LogP contribution is -2.31. The van der Waals surface area contributed by atoms with E-state index in [0.29, 0.717) is 12.2 Å². The maximum Gasteiger partial charge on any atom is 0.230 e. The second-order valence-corrected chi connectivity index (χ2v) is 6.56. The molecule has 25 heavy (non-hydrogen) atoms. The molecule has 0 bridgehead atoms. The van der Waals surface area contributed by atoms with Crippen LogP contribution in [-0.4, -0.2) is 24.5 Å². The first-order chi connectivity index (χ1) is 12.1. The van der Waals surface area contributed by atoms with Gasteiger partial charge in [-0.25, -0.2) is 4.39 Å². The van der Waals surface area contributed by atoms with Gasteiger partial charge in [-0.1, -0.05) is 30.3 Å². The molecular weight excluding hydrogens is 337 g/mol. The van der Waals surface area contributed by atoms with Gasteiger partial charge >= 0.3 is 0 Å². The predicted octanol–water partition coefficient (Wildman–Crippen LogP) is 4.15. The largest absolute Gasteiger partial charge is 0.497 e. The molecule has 1 amide bonds. The Morgan fingerprint density at radius 2 is 1.92 bits per heavy atom. The first kappa shape index (κ1) is 19.1. The monoisotopic (exact) mass is 359 g/mol. The smallest absolute Gasteiger partial charge is 0.230 e. The zero-order valence-corrected chi connectivity index (χ0v) is 15.0. The number of methoxy groups -OCH3 is 1. The summed E-state index contributed by atoms with van der Waals surface area (Å²) in [6.07, 6.45) is 2.36. The Morgan fingerprint density at radius 3 is 2.52 bits per heavy atom. The average Bonchev–Trinajstić information content (AvgIpc) is 2.63. The van der Waals surface area contributed by atoms with E-state index in [1.54, 1.807) is 25.3 Å². The number of thioether (sulfide) groups is 1. The molecule has 2 aromatic carbocycles. The van der Waals surface area contributed by atoms with E-state index in [1.165, 1.54) is 23.9 Å². The molecule has 0 aliphatic carbocycles. The number of amides is 1. The lowest BCUT2D eigenvalue weighted by Gasteiger charge is -2.20. The summed E-state index contributed by atoms with van der Waals surface area (Å²) in [6, 6.07) is 13.8. The molecule has 5 heteroatoms. The summed E-state index contributed by atoms with van der Waals surface area (Å²) in [5, 5.41) is 3.06. The van der Waals surface area contributed by atoms with Crippen LogP contribution in [0.2, 0.25) is 0 Å². The molecule has 0 aromatic heterocycles.